The SMILES string of the molecule is CCC(CO)N1CCN(C(=O)N(CC)CC)CC1. The maximum absolute atomic E-state index is 12.2. The van der Waals surface area contributed by atoms with Gasteiger partial charge in [0.15, 0.2) is 0 Å². The molecule has 0 aromatic rings. The van der Waals surface area contributed by atoms with Crippen molar-refractivity contribution in [2.45, 2.75) is 33.2 Å². The summed E-state index contributed by atoms with van der Waals surface area (Å²) >= 11 is 0. The molecule has 18 heavy (non-hydrogen) atoms. The molecule has 0 radical (unpaired) electrons. The van der Waals surface area contributed by atoms with E-state index in [2.05, 4.69) is 11.8 Å². The maximum Gasteiger partial charge on any atom is 0.320 e. The predicted octanol–water partition coefficient (Wildman–Crippen LogP) is 0.837. The van der Waals surface area contributed by atoms with Gasteiger partial charge in [0.05, 0.1) is 6.61 Å². The Labute approximate surface area is 110 Å². The highest BCUT2D eigenvalue weighted by Gasteiger charge is 2.26. The fourth-order valence-electron chi connectivity index (χ4n) is 2.48. The lowest BCUT2D eigenvalue weighted by Crippen LogP contribution is -2.55. The van der Waals surface area contributed by atoms with Crippen molar-refractivity contribution in [3.8, 4) is 0 Å². The van der Waals surface area contributed by atoms with Crippen molar-refractivity contribution in [2.75, 3.05) is 45.9 Å². The Morgan fingerprint density at radius 3 is 2.11 bits per heavy atom. The van der Waals surface area contributed by atoms with E-state index < -0.39 is 0 Å². The molecule has 1 aliphatic heterocycles. The van der Waals surface area contributed by atoms with Crippen molar-refractivity contribution >= 4 is 6.03 Å². The van der Waals surface area contributed by atoms with E-state index in [0.29, 0.717) is 0 Å². The maximum atomic E-state index is 12.2. The third-order valence-electron chi connectivity index (χ3n) is 3.82. The van der Waals surface area contributed by atoms with Gasteiger partial charge in [0.1, 0.15) is 0 Å². The molecule has 1 fully saturated rings. The number of aliphatic hydroxyl groups excluding tert-OH is 1. The van der Waals surface area contributed by atoms with Crippen molar-refractivity contribution in [3.63, 3.8) is 0 Å². The van der Waals surface area contributed by atoms with Gasteiger partial charge in [-0.05, 0) is 20.3 Å². The van der Waals surface area contributed by atoms with Gasteiger partial charge in [0.2, 0.25) is 0 Å². The second kappa shape index (κ2) is 7.59. The summed E-state index contributed by atoms with van der Waals surface area (Å²) in [7, 11) is 0. The number of piperazine rings is 1. The summed E-state index contributed by atoms with van der Waals surface area (Å²) in [6.45, 7) is 11.1. The number of rotatable bonds is 5. The summed E-state index contributed by atoms with van der Waals surface area (Å²) in [5, 5.41) is 9.29. The highest BCUT2D eigenvalue weighted by Crippen LogP contribution is 2.10. The second-order valence-electron chi connectivity index (χ2n) is 4.72. The molecule has 1 N–H and O–H groups in total. The van der Waals surface area contributed by atoms with Crippen LogP contribution in [-0.2, 0) is 0 Å². The Morgan fingerprint density at radius 2 is 1.72 bits per heavy atom. The summed E-state index contributed by atoms with van der Waals surface area (Å²) in [4.78, 5) is 18.2. The van der Waals surface area contributed by atoms with E-state index >= 15 is 0 Å². The Kier molecular flexibility index (Phi) is 6.43. The normalized spacial score (nSPS) is 18.8. The van der Waals surface area contributed by atoms with Crippen LogP contribution in [0.2, 0.25) is 0 Å². The molecule has 5 nitrogen and oxygen atoms in total. The first kappa shape index (κ1) is 15.2. The molecule has 1 rings (SSSR count). The van der Waals surface area contributed by atoms with E-state index in [1.54, 1.807) is 0 Å². The minimum absolute atomic E-state index is 0.150. The van der Waals surface area contributed by atoms with Gasteiger partial charge in [-0.25, -0.2) is 4.79 Å². The van der Waals surface area contributed by atoms with E-state index in [1.807, 2.05) is 23.6 Å². The van der Waals surface area contributed by atoms with Crippen molar-refractivity contribution in [3.05, 3.63) is 0 Å². The molecule has 106 valence electrons. The standard InChI is InChI=1S/C13H27N3O2/c1-4-12(11-17)15-7-9-16(10-8-15)13(18)14(5-2)6-3/h12,17H,4-11H2,1-3H3. The number of amides is 2. The molecule has 1 saturated heterocycles. The van der Waals surface area contributed by atoms with Crippen LogP contribution in [0.3, 0.4) is 0 Å². The summed E-state index contributed by atoms with van der Waals surface area (Å²) < 4.78 is 0. The van der Waals surface area contributed by atoms with Crippen molar-refractivity contribution in [2.24, 2.45) is 0 Å². The average molecular weight is 257 g/mol. The zero-order chi connectivity index (χ0) is 13.5. The smallest absolute Gasteiger partial charge is 0.320 e. The lowest BCUT2D eigenvalue weighted by atomic mass is 10.2. The van der Waals surface area contributed by atoms with Crippen LogP contribution < -0.4 is 0 Å². The Hall–Kier alpha value is -0.810. The quantitative estimate of drug-likeness (QED) is 0.794. The van der Waals surface area contributed by atoms with Gasteiger partial charge in [0.25, 0.3) is 0 Å². The molecular weight excluding hydrogens is 230 g/mol. The molecule has 0 aromatic heterocycles. The Morgan fingerprint density at radius 1 is 1.17 bits per heavy atom. The van der Waals surface area contributed by atoms with Gasteiger partial charge in [0, 0.05) is 45.3 Å². The van der Waals surface area contributed by atoms with Crippen molar-refractivity contribution in [1.82, 2.24) is 14.7 Å². The number of hydrogen-bond donors (Lipinski definition) is 1. The summed E-state index contributed by atoms with van der Waals surface area (Å²) in [5.41, 5.74) is 0. The minimum Gasteiger partial charge on any atom is -0.395 e. The van der Waals surface area contributed by atoms with Crippen LogP contribution in [0.4, 0.5) is 4.79 Å². The number of carbonyl (C=O) groups excluding carboxylic acids is 1. The molecule has 0 aliphatic carbocycles. The Bertz CT molecular complexity index is 245. The van der Waals surface area contributed by atoms with Gasteiger partial charge in [-0.3, -0.25) is 4.90 Å². The molecule has 0 saturated carbocycles. The first-order valence-corrected chi connectivity index (χ1v) is 7.06. The molecule has 0 aromatic carbocycles. The fourth-order valence-corrected chi connectivity index (χ4v) is 2.48. The molecule has 5 heteroatoms. The minimum atomic E-state index is 0.150. The fraction of sp³-hybridized carbons (Fsp3) is 0.923. The van der Waals surface area contributed by atoms with Crippen LogP contribution in [0.1, 0.15) is 27.2 Å². The van der Waals surface area contributed by atoms with Crippen molar-refractivity contribution < 1.29 is 9.90 Å². The third-order valence-corrected chi connectivity index (χ3v) is 3.82. The largest absolute Gasteiger partial charge is 0.395 e. The van der Waals surface area contributed by atoms with Crippen LogP contribution in [0.25, 0.3) is 0 Å². The zero-order valence-electron chi connectivity index (χ0n) is 11.9. The lowest BCUT2D eigenvalue weighted by Gasteiger charge is -2.40. The number of hydrogen-bond acceptors (Lipinski definition) is 3. The molecule has 2 amide bonds. The molecular formula is C13H27N3O2. The van der Waals surface area contributed by atoms with Gasteiger partial charge < -0.3 is 14.9 Å². The third kappa shape index (κ3) is 3.59. The first-order chi connectivity index (χ1) is 8.67. The highest BCUT2D eigenvalue weighted by atomic mass is 16.3. The van der Waals surface area contributed by atoms with Crippen LogP contribution in [0, 0.1) is 0 Å². The molecule has 1 heterocycles. The van der Waals surface area contributed by atoms with E-state index in [4.69, 9.17) is 0 Å². The van der Waals surface area contributed by atoms with Gasteiger partial charge >= 0.3 is 6.03 Å². The lowest BCUT2D eigenvalue weighted by molar-refractivity contribution is 0.0660. The molecule has 0 bridgehead atoms. The number of aliphatic hydroxyl groups is 1. The number of urea groups is 1. The number of nitrogens with zero attached hydrogens (tertiary/aromatic N) is 3. The molecule has 1 atom stereocenters. The van der Waals surface area contributed by atoms with Gasteiger partial charge in [-0.1, -0.05) is 6.92 Å². The first-order valence-electron chi connectivity index (χ1n) is 7.06. The van der Waals surface area contributed by atoms with Gasteiger partial charge in [-0.15, -0.1) is 0 Å². The van der Waals surface area contributed by atoms with Crippen LogP contribution in [-0.4, -0.2) is 77.8 Å². The predicted molar refractivity (Wildman–Crippen MR) is 72.6 cm³/mol. The number of carbonyl (C=O) groups is 1. The highest BCUT2D eigenvalue weighted by molar-refractivity contribution is 5.74. The summed E-state index contributed by atoms with van der Waals surface area (Å²) in [6.07, 6.45) is 0.959. The van der Waals surface area contributed by atoms with Crippen LogP contribution in [0.15, 0.2) is 0 Å². The molecule has 1 aliphatic rings. The average Bonchev–Trinajstić information content (AvgIpc) is 2.42. The Balaban J connectivity index is 2.45. The monoisotopic (exact) mass is 257 g/mol. The van der Waals surface area contributed by atoms with E-state index in [9.17, 15) is 9.90 Å². The van der Waals surface area contributed by atoms with Gasteiger partial charge in [-0.2, -0.15) is 0 Å². The van der Waals surface area contributed by atoms with Crippen LogP contribution in [0.5, 0.6) is 0 Å². The van der Waals surface area contributed by atoms with Crippen molar-refractivity contribution in [1.29, 1.82) is 0 Å². The van der Waals surface area contributed by atoms with E-state index in [-0.39, 0.29) is 18.7 Å². The molecule has 0 spiro atoms. The van der Waals surface area contributed by atoms with Crippen LogP contribution >= 0.6 is 0 Å². The van der Waals surface area contributed by atoms with E-state index in [0.717, 1.165) is 45.7 Å². The molecule has 1 unspecified atom stereocenters. The summed E-state index contributed by atoms with van der Waals surface area (Å²) in [5.74, 6) is 0. The summed E-state index contributed by atoms with van der Waals surface area (Å²) in [6, 6.07) is 0.396. The zero-order valence-corrected chi connectivity index (χ0v) is 11.9. The second-order valence-corrected chi connectivity index (χ2v) is 4.72. The topological polar surface area (TPSA) is 47.0 Å². The van der Waals surface area contributed by atoms with E-state index in [1.165, 1.54) is 0 Å².